The van der Waals surface area contributed by atoms with Crippen molar-refractivity contribution < 1.29 is 14.4 Å². The Morgan fingerprint density at radius 1 is 1.43 bits per heavy atom. The van der Waals surface area contributed by atoms with Crippen LogP contribution in [0.25, 0.3) is 0 Å². The van der Waals surface area contributed by atoms with Crippen LogP contribution in [0, 0.1) is 12.3 Å². The van der Waals surface area contributed by atoms with E-state index >= 15 is 0 Å². The van der Waals surface area contributed by atoms with Crippen molar-refractivity contribution >= 4 is 11.8 Å². The van der Waals surface area contributed by atoms with Crippen molar-refractivity contribution in [2.24, 2.45) is 5.73 Å². The number of unbranched alkanes of at least 4 members (excludes halogenated alkanes) is 2. The molecule has 78 valence electrons. The van der Waals surface area contributed by atoms with Gasteiger partial charge in [-0.05, 0) is 12.8 Å². The molecular weight excluding hydrogens is 184 g/mol. The first-order valence-corrected chi connectivity index (χ1v) is 4.29. The van der Waals surface area contributed by atoms with Crippen LogP contribution in [0.3, 0.4) is 0 Å². The minimum absolute atomic E-state index is 0.275. The molecule has 0 bridgehead atoms. The molecule has 0 saturated carbocycles. The lowest BCUT2D eigenvalue weighted by Gasteiger charge is -2.02. The van der Waals surface area contributed by atoms with Crippen LogP contribution in [0.15, 0.2) is 0 Å². The number of amides is 2. The maximum atomic E-state index is 10.9. The molecule has 14 heavy (non-hydrogen) atoms. The number of primary amides is 1. The largest absolute Gasteiger partial charge is 0.368 e. The Balaban J connectivity index is 3.29. The van der Waals surface area contributed by atoms with Crippen LogP contribution >= 0.6 is 0 Å². The smallest absolute Gasteiger partial charge is 0.246 e. The maximum Gasteiger partial charge on any atom is 0.246 e. The zero-order chi connectivity index (χ0) is 10.8. The molecule has 0 heterocycles. The average Bonchev–Trinajstić information content (AvgIpc) is 2.12. The summed E-state index contributed by atoms with van der Waals surface area (Å²) in [5.74, 6) is 1.57. The van der Waals surface area contributed by atoms with Crippen LogP contribution in [-0.4, -0.2) is 18.4 Å². The highest BCUT2D eigenvalue weighted by molar-refractivity contribution is 5.76. The van der Waals surface area contributed by atoms with Gasteiger partial charge in [0.05, 0.1) is 0 Å². The predicted molar refractivity (Wildman–Crippen MR) is 50.6 cm³/mol. The second kappa shape index (κ2) is 8.08. The molecule has 0 fully saturated rings. The Hall–Kier alpha value is -1.54. The van der Waals surface area contributed by atoms with E-state index in [1.807, 2.05) is 0 Å². The second-order valence-electron chi connectivity index (χ2n) is 2.69. The molecule has 0 atom stereocenters. The van der Waals surface area contributed by atoms with E-state index in [1.54, 1.807) is 0 Å². The highest BCUT2D eigenvalue weighted by Crippen LogP contribution is 1.97. The molecular formula is C9H14N2O3. The molecule has 0 aromatic heterocycles. The lowest BCUT2D eigenvalue weighted by Crippen LogP contribution is -2.29. The normalized spacial score (nSPS) is 9.07. The van der Waals surface area contributed by atoms with E-state index in [1.165, 1.54) is 0 Å². The molecule has 0 aliphatic rings. The van der Waals surface area contributed by atoms with E-state index in [2.05, 4.69) is 16.2 Å². The Morgan fingerprint density at radius 3 is 2.71 bits per heavy atom. The van der Waals surface area contributed by atoms with Crippen molar-refractivity contribution in [3.05, 3.63) is 0 Å². The number of nitrogens with one attached hydrogen (secondary N) is 1. The van der Waals surface area contributed by atoms with Crippen LogP contribution in [0.2, 0.25) is 0 Å². The summed E-state index contributed by atoms with van der Waals surface area (Å²) in [7, 11) is 0. The third-order valence-corrected chi connectivity index (χ3v) is 1.38. The van der Waals surface area contributed by atoms with Crippen molar-refractivity contribution in [2.75, 3.05) is 6.61 Å². The first-order valence-electron chi connectivity index (χ1n) is 4.29. The van der Waals surface area contributed by atoms with E-state index in [4.69, 9.17) is 12.2 Å². The fourth-order valence-electron chi connectivity index (χ4n) is 0.751. The Labute approximate surface area is 82.9 Å². The molecule has 0 radical (unpaired) electrons. The lowest BCUT2D eigenvalue weighted by atomic mass is 10.2. The summed E-state index contributed by atoms with van der Waals surface area (Å²) in [6.07, 6.45) is 7.54. The monoisotopic (exact) mass is 198 g/mol. The number of carbonyl (C=O) groups excluding carboxylic acids is 2. The van der Waals surface area contributed by atoms with Crippen LogP contribution in [0.4, 0.5) is 0 Å². The molecule has 5 heteroatoms. The van der Waals surface area contributed by atoms with Crippen molar-refractivity contribution in [2.45, 2.75) is 25.7 Å². The minimum Gasteiger partial charge on any atom is -0.368 e. The summed E-state index contributed by atoms with van der Waals surface area (Å²) in [4.78, 5) is 25.7. The van der Waals surface area contributed by atoms with Crippen molar-refractivity contribution in [1.29, 1.82) is 0 Å². The van der Waals surface area contributed by atoms with E-state index in [0.29, 0.717) is 19.3 Å². The van der Waals surface area contributed by atoms with E-state index in [0.717, 1.165) is 6.42 Å². The predicted octanol–water partition coefficient (Wildman–Crippen LogP) is -0.287. The summed E-state index contributed by atoms with van der Waals surface area (Å²) in [5.41, 5.74) is 6.88. The van der Waals surface area contributed by atoms with E-state index in [9.17, 15) is 9.59 Å². The van der Waals surface area contributed by atoms with Gasteiger partial charge in [0.2, 0.25) is 11.8 Å². The van der Waals surface area contributed by atoms with Gasteiger partial charge in [-0.15, -0.1) is 12.3 Å². The zero-order valence-corrected chi connectivity index (χ0v) is 7.91. The maximum absolute atomic E-state index is 10.9. The number of rotatable bonds is 7. The Morgan fingerprint density at radius 2 is 2.14 bits per heavy atom. The molecule has 0 aromatic carbocycles. The van der Waals surface area contributed by atoms with Gasteiger partial charge < -0.3 is 5.73 Å². The second-order valence-corrected chi connectivity index (χ2v) is 2.69. The van der Waals surface area contributed by atoms with Crippen molar-refractivity contribution in [1.82, 2.24) is 5.48 Å². The number of hydroxylamine groups is 1. The third kappa shape index (κ3) is 8.56. The van der Waals surface area contributed by atoms with Crippen LogP contribution in [0.5, 0.6) is 0 Å². The molecule has 0 unspecified atom stereocenters. The molecule has 3 N–H and O–H groups in total. The highest BCUT2D eigenvalue weighted by atomic mass is 16.7. The highest BCUT2D eigenvalue weighted by Gasteiger charge is 2.01. The van der Waals surface area contributed by atoms with Gasteiger partial charge in [0.25, 0.3) is 0 Å². The molecule has 0 rings (SSSR count). The van der Waals surface area contributed by atoms with Crippen molar-refractivity contribution in [3.63, 3.8) is 0 Å². The first kappa shape index (κ1) is 12.5. The SMILES string of the molecule is C#CCCCCC(=O)NOCC(N)=O. The Kier molecular flexibility index (Phi) is 7.19. The molecule has 0 saturated heterocycles. The zero-order valence-electron chi connectivity index (χ0n) is 7.91. The van der Waals surface area contributed by atoms with E-state index in [-0.39, 0.29) is 12.5 Å². The van der Waals surface area contributed by atoms with E-state index < -0.39 is 5.91 Å². The average molecular weight is 198 g/mol. The lowest BCUT2D eigenvalue weighted by molar-refractivity contribution is -0.138. The van der Waals surface area contributed by atoms with Crippen molar-refractivity contribution in [3.8, 4) is 12.3 Å². The fourth-order valence-corrected chi connectivity index (χ4v) is 0.751. The quantitative estimate of drug-likeness (QED) is 0.335. The standard InChI is InChI=1S/C9H14N2O3/c1-2-3-4-5-6-9(13)11-14-7-8(10)12/h1H,3-7H2,(H2,10,12)(H,11,13). The van der Waals surface area contributed by atoms with Gasteiger partial charge in [-0.3, -0.25) is 14.4 Å². The third-order valence-electron chi connectivity index (χ3n) is 1.38. The number of carbonyl (C=O) groups is 2. The molecule has 0 aliphatic carbocycles. The van der Waals surface area contributed by atoms with Gasteiger partial charge in [0.15, 0.2) is 6.61 Å². The molecule has 2 amide bonds. The van der Waals surface area contributed by atoms with Crippen LogP contribution in [-0.2, 0) is 14.4 Å². The number of terminal acetylenes is 1. The molecule has 0 aliphatic heterocycles. The summed E-state index contributed by atoms with van der Waals surface area (Å²) >= 11 is 0. The van der Waals surface area contributed by atoms with Gasteiger partial charge in [0, 0.05) is 12.8 Å². The van der Waals surface area contributed by atoms with Gasteiger partial charge in [0.1, 0.15) is 0 Å². The summed E-state index contributed by atoms with van der Waals surface area (Å²) in [6, 6.07) is 0. The first-order chi connectivity index (χ1) is 6.66. The number of hydrogen-bond donors (Lipinski definition) is 2. The topological polar surface area (TPSA) is 81.4 Å². The van der Waals surface area contributed by atoms with Gasteiger partial charge in [-0.25, -0.2) is 5.48 Å². The van der Waals surface area contributed by atoms with Gasteiger partial charge in [-0.1, -0.05) is 0 Å². The molecule has 0 aromatic rings. The van der Waals surface area contributed by atoms with Gasteiger partial charge >= 0.3 is 0 Å². The van der Waals surface area contributed by atoms with Crippen LogP contribution in [0.1, 0.15) is 25.7 Å². The number of nitrogens with two attached hydrogens (primary N) is 1. The molecule has 0 spiro atoms. The summed E-state index contributed by atoms with van der Waals surface area (Å²) < 4.78 is 0. The van der Waals surface area contributed by atoms with Crippen LogP contribution < -0.4 is 11.2 Å². The fraction of sp³-hybridized carbons (Fsp3) is 0.556. The summed E-state index contributed by atoms with van der Waals surface area (Å²) in [6.45, 7) is -0.309. The molecule has 5 nitrogen and oxygen atoms in total. The minimum atomic E-state index is -0.627. The number of hydrogen-bond acceptors (Lipinski definition) is 3. The summed E-state index contributed by atoms with van der Waals surface area (Å²) in [5, 5.41) is 0. The Bertz CT molecular complexity index is 233. The van der Waals surface area contributed by atoms with Gasteiger partial charge in [-0.2, -0.15) is 0 Å².